The molecular formula is C10H6IO. The van der Waals surface area contributed by atoms with Crippen LogP contribution in [0.3, 0.4) is 0 Å². The molecule has 0 bridgehead atoms. The molecule has 2 rings (SSSR count). The topological polar surface area (TPSA) is 13.1 Å². The Bertz CT molecular complexity index is 365. The van der Waals surface area contributed by atoms with Crippen molar-refractivity contribution >= 4 is 22.6 Å². The fraction of sp³-hybridized carbons (Fsp3) is 0. The van der Waals surface area contributed by atoms with Gasteiger partial charge in [0.15, 0.2) is 0 Å². The number of rotatable bonds is 1. The molecule has 2 aromatic rings. The van der Waals surface area contributed by atoms with E-state index < -0.39 is 0 Å². The van der Waals surface area contributed by atoms with Crippen molar-refractivity contribution in [3.05, 3.63) is 46.2 Å². The molecule has 0 aliphatic rings. The van der Waals surface area contributed by atoms with Crippen LogP contribution in [0.25, 0.3) is 11.3 Å². The van der Waals surface area contributed by atoms with Gasteiger partial charge >= 0.3 is 0 Å². The number of hydrogen-bond acceptors (Lipinski definition) is 1. The van der Waals surface area contributed by atoms with Gasteiger partial charge in [-0.1, -0.05) is 12.1 Å². The van der Waals surface area contributed by atoms with Gasteiger partial charge in [0.1, 0.15) is 5.76 Å². The molecule has 0 aliphatic carbocycles. The summed E-state index contributed by atoms with van der Waals surface area (Å²) in [4.78, 5) is 0. The lowest BCUT2D eigenvalue weighted by Crippen LogP contribution is -1.74. The highest BCUT2D eigenvalue weighted by molar-refractivity contribution is 14.1. The second-order valence-electron chi connectivity index (χ2n) is 2.42. The smallest absolute Gasteiger partial charge is 0.134 e. The van der Waals surface area contributed by atoms with Crippen LogP contribution in [0.1, 0.15) is 0 Å². The molecule has 1 heterocycles. The Morgan fingerprint density at radius 2 is 2.25 bits per heavy atom. The second kappa shape index (κ2) is 3.31. The van der Waals surface area contributed by atoms with Crippen LogP contribution in [0, 0.1) is 9.64 Å². The van der Waals surface area contributed by atoms with Crippen LogP contribution >= 0.6 is 22.6 Å². The Hall–Kier alpha value is -0.770. The number of furan rings is 1. The maximum atomic E-state index is 5.22. The van der Waals surface area contributed by atoms with Crippen molar-refractivity contribution in [3.8, 4) is 11.3 Å². The van der Waals surface area contributed by atoms with Gasteiger partial charge in [0, 0.05) is 15.2 Å². The molecule has 1 aromatic heterocycles. The maximum absolute atomic E-state index is 5.22. The Kier molecular flexibility index (Phi) is 2.17. The Morgan fingerprint density at radius 3 is 2.92 bits per heavy atom. The van der Waals surface area contributed by atoms with Crippen LogP contribution in [0.15, 0.2) is 41.0 Å². The first-order chi connectivity index (χ1) is 5.86. The standard InChI is InChI=1S/C10H6IO/c11-9-4-1-3-8(7-9)10-5-2-6-12-10/h1,3-7H. The van der Waals surface area contributed by atoms with Crippen molar-refractivity contribution in [2.45, 2.75) is 0 Å². The van der Waals surface area contributed by atoms with E-state index in [9.17, 15) is 0 Å². The lowest BCUT2D eigenvalue weighted by atomic mass is 10.2. The molecular weight excluding hydrogens is 263 g/mol. The summed E-state index contributed by atoms with van der Waals surface area (Å²) < 4.78 is 6.43. The van der Waals surface area contributed by atoms with Crippen LogP contribution < -0.4 is 0 Å². The summed E-state index contributed by atoms with van der Waals surface area (Å²) >= 11 is 2.28. The normalized spacial score (nSPS) is 10.1. The van der Waals surface area contributed by atoms with Gasteiger partial charge in [-0.3, -0.25) is 0 Å². The summed E-state index contributed by atoms with van der Waals surface area (Å²) in [6.07, 6.45) is 1.56. The van der Waals surface area contributed by atoms with E-state index in [4.69, 9.17) is 4.42 Å². The van der Waals surface area contributed by atoms with Crippen molar-refractivity contribution in [1.29, 1.82) is 0 Å². The summed E-state index contributed by atoms with van der Waals surface area (Å²) in [7, 11) is 0. The van der Waals surface area contributed by atoms with Gasteiger partial charge in [-0.25, -0.2) is 0 Å². The fourth-order valence-electron chi connectivity index (χ4n) is 1.03. The molecule has 0 spiro atoms. The third-order valence-electron chi connectivity index (χ3n) is 1.58. The Balaban J connectivity index is 2.48. The van der Waals surface area contributed by atoms with Gasteiger partial charge in [0.25, 0.3) is 0 Å². The van der Waals surface area contributed by atoms with E-state index in [1.54, 1.807) is 6.26 Å². The third-order valence-corrected chi connectivity index (χ3v) is 2.25. The molecule has 0 unspecified atom stereocenters. The third kappa shape index (κ3) is 1.53. The SMILES string of the molecule is Ic1cccc(-c2c[c]co2)c1. The van der Waals surface area contributed by atoms with Gasteiger partial charge in [-0.05, 0) is 40.8 Å². The summed E-state index contributed by atoms with van der Waals surface area (Å²) in [5.41, 5.74) is 1.10. The van der Waals surface area contributed by atoms with Crippen LogP contribution in [0.5, 0.6) is 0 Å². The van der Waals surface area contributed by atoms with Gasteiger partial charge in [-0.2, -0.15) is 0 Å². The van der Waals surface area contributed by atoms with Crippen molar-refractivity contribution < 1.29 is 4.42 Å². The molecule has 0 fully saturated rings. The van der Waals surface area contributed by atoms with Crippen molar-refractivity contribution in [1.82, 2.24) is 0 Å². The number of halogens is 1. The highest BCUT2D eigenvalue weighted by atomic mass is 127. The average molecular weight is 269 g/mol. The summed E-state index contributed by atoms with van der Waals surface area (Å²) in [6.45, 7) is 0. The van der Waals surface area contributed by atoms with E-state index in [1.165, 1.54) is 3.57 Å². The lowest BCUT2D eigenvalue weighted by Gasteiger charge is -1.95. The molecule has 12 heavy (non-hydrogen) atoms. The highest BCUT2D eigenvalue weighted by Gasteiger charge is 1.99. The first kappa shape index (κ1) is 7.86. The van der Waals surface area contributed by atoms with E-state index in [1.807, 2.05) is 18.2 Å². The molecule has 1 nitrogen and oxygen atoms in total. The van der Waals surface area contributed by atoms with Crippen molar-refractivity contribution in [2.75, 3.05) is 0 Å². The van der Waals surface area contributed by atoms with E-state index in [0.717, 1.165) is 11.3 Å². The largest absolute Gasteiger partial charge is 0.464 e. The lowest BCUT2D eigenvalue weighted by molar-refractivity contribution is 0.582. The first-order valence-electron chi connectivity index (χ1n) is 3.57. The quantitative estimate of drug-likeness (QED) is 0.723. The Morgan fingerprint density at radius 1 is 1.33 bits per heavy atom. The molecule has 0 saturated carbocycles. The highest BCUT2D eigenvalue weighted by Crippen LogP contribution is 2.20. The summed E-state index contributed by atoms with van der Waals surface area (Å²) in [5.74, 6) is 0.869. The minimum atomic E-state index is 0.869. The van der Waals surface area contributed by atoms with Crippen molar-refractivity contribution in [3.63, 3.8) is 0 Å². The van der Waals surface area contributed by atoms with Crippen LogP contribution in [0.2, 0.25) is 0 Å². The number of hydrogen-bond donors (Lipinski definition) is 0. The average Bonchev–Trinajstić information content (AvgIpc) is 2.56. The molecule has 0 aliphatic heterocycles. The second-order valence-corrected chi connectivity index (χ2v) is 3.67. The summed E-state index contributed by atoms with van der Waals surface area (Å²) in [5, 5.41) is 0. The Labute approximate surface area is 84.5 Å². The van der Waals surface area contributed by atoms with Gasteiger partial charge in [-0.15, -0.1) is 0 Å². The zero-order chi connectivity index (χ0) is 8.39. The molecule has 0 N–H and O–H groups in total. The zero-order valence-corrected chi connectivity index (χ0v) is 8.41. The predicted octanol–water partition coefficient (Wildman–Crippen LogP) is 3.35. The van der Waals surface area contributed by atoms with Gasteiger partial charge in [0.05, 0.1) is 6.26 Å². The molecule has 2 heteroatoms. The molecule has 0 atom stereocenters. The molecule has 0 saturated heterocycles. The zero-order valence-electron chi connectivity index (χ0n) is 6.25. The van der Waals surface area contributed by atoms with E-state index in [-0.39, 0.29) is 0 Å². The molecule has 0 amide bonds. The fourth-order valence-corrected chi connectivity index (χ4v) is 1.58. The van der Waals surface area contributed by atoms with Crippen LogP contribution in [0.4, 0.5) is 0 Å². The summed E-state index contributed by atoms with van der Waals surface area (Å²) in [6, 6.07) is 12.9. The molecule has 59 valence electrons. The van der Waals surface area contributed by atoms with Crippen molar-refractivity contribution in [2.24, 2.45) is 0 Å². The van der Waals surface area contributed by atoms with Crippen LogP contribution in [-0.2, 0) is 0 Å². The predicted molar refractivity (Wildman–Crippen MR) is 55.7 cm³/mol. The van der Waals surface area contributed by atoms with Gasteiger partial charge in [0.2, 0.25) is 0 Å². The maximum Gasteiger partial charge on any atom is 0.134 e. The van der Waals surface area contributed by atoms with E-state index in [2.05, 4.69) is 40.8 Å². The van der Waals surface area contributed by atoms with E-state index in [0.29, 0.717) is 0 Å². The van der Waals surface area contributed by atoms with Crippen LogP contribution in [-0.4, -0.2) is 0 Å². The number of benzene rings is 1. The minimum absolute atomic E-state index is 0.869. The minimum Gasteiger partial charge on any atom is -0.464 e. The monoisotopic (exact) mass is 269 g/mol. The van der Waals surface area contributed by atoms with E-state index >= 15 is 0 Å². The first-order valence-corrected chi connectivity index (χ1v) is 4.64. The van der Waals surface area contributed by atoms with Gasteiger partial charge < -0.3 is 4.42 Å². The molecule has 1 aromatic carbocycles. The molecule has 1 radical (unpaired) electrons.